The molecule has 1 fully saturated rings. The molecule has 0 radical (unpaired) electrons. The molecule has 0 saturated carbocycles. The number of carboxylic acids is 1. The monoisotopic (exact) mass is 326 g/mol. The van der Waals surface area contributed by atoms with Crippen LogP contribution in [-0.4, -0.2) is 44.4 Å². The van der Waals surface area contributed by atoms with E-state index in [1.165, 1.54) is 4.90 Å². The number of nitrogens with zero attached hydrogens (tertiary/aromatic N) is 3. The second-order valence-corrected chi connectivity index (χ2v) is 5.64. The summed E-state index contributed by atoms with van der Waals surface area (Å²) in [7, 11) is 0. The van der Waals surface area contributed by atoms with Gasteiger partial charge in [-0.05, 0) is 37.5 Å². The summed E-state index contributed by atoms with van der Waals surface area (Å²) in [6, 6.07) is 6.22. The van der Waals surface area contributed by atoms with E-state index < -0.39 is 12.0 Å². The number of aliphatic carboxylic acids is 1. The largest absolute Gasteiger partial charge is 0.480 e. The highest BCUT2D eigenvalue weighted by Crippen LogP contribution is 2.22. The summed E-state index contributed by atoms with van der Waals surface area (Å²) in [5, 5.41) is 12.4. The van der Waals surface area contributed by atoms with E-state index in [0.717, 1.165) is 12.8 Å². The summed E-state index contributed by atoms with van der Waals surface area (Å²) in [5.41, 5.74) is 1.15. The number of carboxylic acid groups (broad SMARTS) is 1. The first kappa shape index (κ1) is 15.9. The highest BCUT2D eigenvalue weighted by molar-refractivity contribution is 5.97. The summed E-state index contributed by atoms with van der Waals surface area (Å²) in [4.78, 5) is 33.7. The van der Waals surface area contributed by atoms with Gasteiger partial charge in [-0.2, -0.15) is 0 Å². The molecule has 1 aromatic heterocycles. The maximum Gasteiger partial charge on any atom is 0.326 e. The molecule has 1 aliphatic rings. The lowest BCUT2D eigenvalue weighted by atomic mass is 10.0. The van der Waals surface area contributed by atoms with Crippen molar-refractivity contribution in [2.45, 2.75) is 25.3 Å². The average Bonchev–Trinajstić information content (AvgIpc) is 2.62. The van der Waals surface area contributed by atoms with Crippen molar-refractivity contribution < 1.29 is 14.7 Å². The van der Waals surface area contributed by atoms with Gasteiger partial charge < -0.3 is 15.3 Å². The molecule has 0 spiro atoms. The number of nitrogens with one attached hydrogen (secondary N) is 1. The van der Waals surface area contributed by atoms with Gasteiger partial charge >= 0.3 is 5.97 Å². The van der Waals surface area contributed by atoms with Crippen molar-refractivity contribution >= 4 is 23.4 Å². The fraction of sp³-hybridized carbons (Fsp3) is 0.294. The van der Waals surface area contributed by atoms with Crippen LogP contribution in [0, 0.1) is 0 Å². The number of hydrogen-bond donors (Lipinski definition) is 2. The number of anilines is 2. The van der Waals surface area contributed by atoms with Crippen molar-refractivity contribution in [3.8, 4) is 0 Å². The molecule has 3 rings (SSSR count). The molecule has 7 nitrogen and oxygen atoms in total. The Bertz CT molecular complexity index is 736. The number of carbonyl (C=O) groups excluding carboxylic acids is 1. The number of carbonyl (C=O) groups is 2. The van der Waals surface area contributed by atoms with E-state index >= 15 is 0 Å². The zero-order valence-corrected chi connectivity index (χ0v) is 13.1. The smallest absolute Gasteiger partial charge is 0.326 e. The van der Waals surface area contributed by atoms with Crippen molar-refractivity contribution in [2.24, 2.45) is 0 Å². The molecule has 2 heterocycles. The van der Waals surface area contributed by atoms with Crippen molar-refractivity contribution in [1.29, 1.82) is 0 Å². The molecule has 2 N–H and O–H groups in total. The molecular formula is C17H18N4O3. The number of benzene rings is 1. The lowest BCUT2D eigenvalue weighted by Gasteiger charge is -2.33. The molecular weight excluding hydrogens is 308 g/mol. The van der Waals surface area contributed by atoms with Crippen molar-refractivity contribution in [3.05, 3.63) is 48.4 Å². The topological polar surface area (TPSA) is 95.4 Å². The van der Waals surface area contributed by atoms with Crippen LogP contribution in [0.5, 0.6) is 0 Å². The molecule has 0 unspecified atom stereocenters. The van der Waals surface area contributed by atoms with Crippen LogP contribution in [0.1, 0.15) is 29.6 Å². The van der Waals surface area contributed by atoms with E-state index in [1.807, 2.05) is 6.07 Å². The predicted molar refractivity (Wildman–Crippen MR) is 88.1 cm³/mol. The van der Waals surface area contributed by atoms with Gasteiger partial charge in [-0.25, -0.2) is 9.78 Å². The summed E-state index contributed by atoms with van der Waals surface area (Å²) < 4.78 is 0. The van der Waals surface area contributed by atoms with Crippen LogP contribution in [0.2, 0.25) is 0 Å². The zero-order chi connectivity index (χ0) is 16.9. The van der Waals surface area contributed by atoms with Gasteiger partial charge in [-0.3, -0.25) is 9.78 Å². The van der Waals surface area contributed by atoms with E-state index in [-0.39, 0.29) is 5.91 Å². The van der Waals surface area contributed by atoms with Crippen LogP contribution in [0.15, 0.2) is 42.9 Å². The van der Waals surface area contributed by atoms with Gasteiger partial charge in [-0.15, -0.1) is 0 Å². The number of hydrogen-bond acceptors (Lipinski definition) is 5. The van der Waals surface area contributed by atoms with Gasteiger partial charge in [0.1, 0.15) is 11.9 Å². The average molecular weight is 326 g/mol. The number of likely N-dealkylation sites (tertiary alicyclic amines) is 1. The van der Waals surface area contributed by atoms with Crippen molar-refractivity contribution in [3.63, 3.8) is 0 Å². The maximum absolute atomic E-state index is 12.7. The molecule has 24 heavy (non-hydrogen) atoms. The minimum absolute atomic E-state index is 0.259. The van der Waals surface area contributed by atoms with Crippen LogP contribution in [0.25, 0.3) is 0 Å². The van der Waals surface area contributed by atoms with Crippen LogP contribution >= 0.6 is 0 Å². The lowest BCUT2D eigenvalue weighted by Crippen LogP contribution is -2.47. The van der Waals surface area contributed by atoms with Crippen LogP contribution in [-0.2, 0) is 4.79 Å². The minimum Gasteiger partial charge on any atom is -0.480 e. The maximum atomic E-state index is 12.7. The third kappa shape index (κ3) is 3.51. The van der Waals surface area contributed by atoms with E-state index in [0.29, 0.717) is 30.0 Å². The molecule has 7 heteroatoms. The summed E-state index contributed by atoms with van der Waals surface area (Å²) >= 11 is 0. The van der Waals surface area contributed by atoms with Crippen LogP contribution in [0.4, 0.5) is 11.5 Å². The fourth-order valence-electron chi connectivity index (χ4n) is 2.84. The normalized spacial score (nSPS) is 17.3. The highest BCUT2D eigenvalue weighted by atomic mass is 16.4. The highest BCUT2D eigenvalue weighted by Gasteiger charge is 2.32. The second kappa shape index (κ2) is 7.08. The first-order valence-corrected chi connectivity index (χ1v) is 7.82. The van der Waals surface area contributed by atoms with Crippen molar-refractivity contribution in [2.75, 3.05) is 11.9 Å². The third-order valence-corrected chi connectivity index (χ3v) is 3.99. The minimum atomic E-state index is -0.947. The first-order valence-electron chi connectivity index (χ1n) is 7.82. The number of piperidine rings is 1. The molecule has 1 aromatic carbocycles. The number of aromatic nitrogens is 2. The van der Waals surface area contributed by atoms with Crippen molar-refractivity contribution in [1.82, 2.24) is 14.9 Å². The standard InChI is InChI=1S/C17H18N4O3/c22-16(21-9-2-1-6-14(21)17(23)24)12-4-3-5-13(10-12)20-15-11-18-7-8-19-15/h3-5,7-8,10-11,14H,1-2,6,9H2,(H,19,20)(H,23,24)/t14-/m1/s1. The SMILES string of the molecule is O=C(O)[C@H]1CCCCN1C(=O)c1cccc(Nc2cnccn2)c1. The summed E-state index contributed by atoms with van der Waals surface area (Å²) in [5.74, 6) is -0.634. The number of rotatable bonds is 4. The third-order valence-electron chi connectivity index (χ3n) is 3.99. The van der Waals surface area contributed by atoms with Gasteiger partial charge in [0.15, 0.2) is 0 Å². The zero-order valence-electron chi connectivity index (χ0n) is 13.1. The Labute approximate surface area is 139 Å². The van der Waals surface area contributed by atoms with E-state index in [4.69, 9.17) is 0 Å². The molecule has 0 aliphatic carbocycles. The molecule has 1 aliphatic heterocycles. The van der Waals surface area contributed by atoms with Gasteiger partial charge in [0.25, 0.3) is 5.91 Å². The molecule has 1 amide bonds. The molecule has 2 aromatic rings. The summed E-state index contributed by atoms with van der Waals surface area (Å²) in [6.07, 6.45) is 6.89. The molecule has 124 valence electrons. The Morgan fingerprint density at radius 3 is 2.88 bits per heavy atom. The quantitative estimate of drug-likeness (QED) is 0.895. The Hall–Kier alpha value is -2.96. The first-order chi connectivity index (χ1) is 11.6. The van der Waals surface area contributed by atoms with E-state index in [2.05, 4.69) is 15.3 Å². The van der Waals surface area contributed by atoms with Gasteiger partial charge in [-0.1, -0.05) is 6.07 Å². The van der Waals surface area contributed by atoms with Gasteiger partial charge in [0.2, 0.25) is 0 Å². The second-order valence-electron chi connectivity index (χ2n) is 5.64. The van der Waals surface area contributed by atoms with Crippen LogP contribution in [0.3, 0.4) is 0 Å². The molecule has 1 atom stereocenters. The van der Waals surface area contributed by atoms with E-state index in [1.54, 1.807) is 36.8 Å². The Morgan fingerprint density at radius 2 is 2.12 bits per heavy atom. The summed E-state index contributed by atoms with van der Waals surface area (Å²) in [6.45, 7) is 0.470. The molecule has 0 bridgehead atoms. The molecule has 1 saturated heterocycles. The van der Waals surface area contributed by atoms with Gasteiger partial charge in [0, 0.05) is 30.2 Å². The Kier molecular flexibility index (Phi) is 4.69. The van der Waals surface area contributed by atoms with Crippen LogP contribution < -0.4 is 5.32 Å². The lowest BCUT2D eigenvalue weighted by molar-refractivity contribution is -0.143. The Morgan fingerprint density at radius 1 is 1.25 bits per heavy atom. The van der Waals surface area contributed by atoms with Gasteiger partial charge in [0.05, 0.1) is 6.20 Å². The Balaban J connectivity index is 1.80. The number of amides is 1. The van der Waals surface area contributed by atoms with E-state index in [9.17, 15) is 14.7 Å². The fourth-order valence-corrected chi connectivity index (χ4v) is 2.84. The predicted octanol–water partition coefficient (Wildman–Crippen LogP) is 2.30.